The molecular weight excluding hydrogens is 596 g/mol. The number of fused-ring (bicyclic) bond motifs is 1. The molecule has 9 nitrogen and oxygen atoms in total. The first-order valence-corrected chi connectivity index (χ1v) is 15.6. The second kappa shape index (κ2) is 12.0. The van der Waals surface area contributed by atoms with Crippen LogP contribution in [0.25, 0.3) is 44.9 Å². The Bertz CT molecular complexity index is 2100. The zero-order chi connectivity index (χ0) is 31.8. The number of allylic oxidation sites excluding steroid dienone is 1. The largest absolute Gasteiger partial charge is 0.439 e. The number of halogens is 2. The highest BCUT2D eigenvalue weighted by molar-refractivity contribution is 5.90. The van der Waals surface area contributed by atoms with E-state index in [2.05, 4.69) is 59.3 Å². The first kappa shape index (κ1) is 28.9. The van der Waals surface area contributed by atoms with Gasteiger partial charge in [0, 0.05) is 35.9 Å². The van der Waals surface area contributed by atoms with Crippen molar-refractivity contribution < 1.29 is 13.4 Å². The van der Waals surface area contributed by atoms with Crippen molar-refractivity contribution in [3.05, 3.63) is 115 Å². The summed E-state index contributed by atoms with van der Waals surface area (Å²) in [6, 6.07) is 26.3. The van der Waals surface area contributed by atoms with Crippen molar-refractivity contribution >= 4 is 23.2 Å². The molecule has 6 heterocycles. The topological polar surface area (TPSA) is 99.4 Å². The Labute approximate surface area is 269 Å². The quantitative estimate of drug-likeness (QED) is 0.195. The van der Waals surface area contributed by atoms with Crippen molar-refractivity contribution in [1.29, 1.82) is 0 Å². The van der Waals surface area contributed by atoms with E-state index in [1.165, 1.54) is 16.3 Å². The standard InChI is InChI=1S/C36H30F2N9/c37-36(38)15-19-47(23-36)35-40-21-28-20-29(25-6-2-1-3-7-25)31(41-32(28)43-35)26-11-9-24(10-12-26)22-46-17-13-27(14-18-46)33-42-34(45-44-33)30-8-4-5-16-39-30/h1-12,15-16,19-21,23,27H,13-14,17-18,22H2,(H,42,44,45)/q+1. The number of rotatable bonds is 7. The molecule has 0 aliphatic carbocycles. The van der Waals surface area contributed by atoms with E-state index in [1.54, 1.807) is 12.4 Å². The van der Waals surface area contributed by atoms with Crippen LogP contribution in [0.2, 0.25) is 0 Å². The van der Waals surface area contributed by atoms with Gasteiger partial charge >= 0.3 is 11.9 Å². The highest BCUT2D eigenvalue weighted by Gasteiger charge is 2.32. The van der Waals surface area contributed by atoms with Crippen molar-refractivity contribution in [3.63, 3.8) is 0 Å². The fraction of sp³-hybridized carbons (Fsp3) is 0.194. The van der Waals surface area contributed by atoms with Crippen LogP contribution in [-0.2, 0) is 6.54 Å². The number of aromatic amines is 1. The van der Waals surface area contributed by atoms with Crippen LogP contribution in [0.4, 0.5) is 14.7 Å². The van der Waals surface area contributed by atoms with Crippen LogP contribution in [0.15, 0.2) is 104 Å². The van der Waals surface area contributed by atoms with Gasteiger partial charge in [-0.2, -0.15) is 8.78 Å². The maximum Gasteiger partial charge on any atom is 0.439 e. The molecule has 1 N–H and O–H groups in total. The smallest absolute Gasteiger partial charge is 0.323 e. The summed E-state index contributed by atoms with van der Waals surface area (Å²) < 4.78 is 28.8. The van der Waals surface area contributed by atoms with Crippen LogP contribution in [-0.4, -0.2) is 69.8 Å². The summed E-state index contributed by atoms with van der Waals surface area (Å²) in [6.45, 7) is 2.78. The van der Waals surface area contributed by atoms with Gasteiger partial charge in [0.25, 0.3) is 0 Å². The Balaban J connectivity index is 1.01. The van der Waals surface area contributed by atoms with Gasteiger partial charge in [-0.15, -0.1) is 10.2 Å². The van der Waals surface area contributed by atoms with E-state index in [1.807, 2.05) is 54.6 Å². The normalized spacial score (nSPS) is 16.5. The third-order valence-corrected chi connectivity index (χ3v) is 8.66. The molecule has 6 aromatic rings. The van der Waals surface area contributed by atoms with Crippen LogP contribution >= 0.6 is 0 Å². The lowest BCUT2D eigenvalue weighted by Gasteiger charge is -2.30. The molecule has 4 aromatic heterocycles. The minimum absolute atomic E-state index is 0.146. The van der Waals surface area contributed by atoms with E-state index >= 15 is 0 Å². The van der Waals surface area contributed by atoms with Gasteiger partial charge in [0.2, 0.25) is 5.65 Å². The second-order valence-corrected chi connectivity index (χ2v) is 11.9. The lowest BCUT2D eigenvalue weighted by atomic mass is 9.95. The number of likely N-dealkylation sites (tertiary alicyclic amines) is 1. The van der Waals surface area contributed by atoms with Crippen molar-refractivity contribution in [2.75, 3.05) is 13.1 Å². The van der Waals surface area contributed by atoms with E-state index in [0.717, 1.165) is 84.1 Å². The summed E-state index contributed by atoms with van der Waals surface area (Å²) in [5, 5.41) is 9.48. The molecule has 1 saturated heterocycles. The van der Waals surface area contributed by atoms with Gasteiger partial charge in [0.05, 0.1) is 17.3 Å². The summed E-state index contributed by atoms with van der Waals surface area (Å²) in [5.74, 6) is -0.911. The molecule has 0 spiro atoms. The molecule has 8 rings (SSSR count). The first-order valence-electron chi connectivity index (χ1n) is 15.6. The Hall–Kier alpha value is -5.55. The number of nitrogens with zero attached hydrogens (tertiary/aromatic N) is 8. The average Bonchev–Trinajstić information content (AvgIpc) is 3.76. The second-order valence-electron chi connectivity index (χ2n) is 11.9. The minimum atomic E-state index is -3.03. The fourth-order valence-corrected chi connectivity index (χ4v) is 6.18. The number of pyridine rings is 2. The van der Waals surface area contributed by atoms with E-state index in [-0.39, 0.29) is 5.95 Å². The average molecular weight is 627 g/mol. The number of hydrogen-bond acceptors (Lipinski definition) is 7. The summed E-state index contributed by atoms with van der Waals surface area (Å²) in [4.78, 5) is 24.1. The van der Waals surface area contributed by atoms with Crippen LogP contribution in [0, 0.1) is 0 Å². The molecule has 0 radical (unpaired) electrons. The SMILES string of the molecule is FC1(F)C=C[N+](c2ncc3cc(-c4ccccc4)c(-c4ccc(CN5CCC(c6nnc(-c7ccccn7)[nH]6)CC5)cc4)nc3n2)=C1. The number of alkyl halides is 2. The Morgan fingerprint density at radius 1 is 0.872 bits per heavy atom. The van der Waals surface area contributed by atoms with Gasteiger partial charge in [-0.3, -0.25) is 9.88 Å². The number of H-pyrrole nitrogens is 1. The summed E-state index contributed by atoms with van der Waals surface area (Å²) in [7, 11) is 0. The molecule has 0 unspecified atom stereocenters. The van der Waals surface area contributed by atoms with Gasteiger partial charge in [0.15, 0.2) is 5.82 Å². The zero-order valence-corrected chi connectivity index (χ0v) is 25.3. The summed E-state index contributed by atoms with van der Waals surface area (Å²) in [5.41, 5.74) is 6.13. The Morgan fingerprint density at radius 3 is 2.43 bits per heavy atom. The van der Waals surface area contributed by atoms with Crippen molar-refractivity contribution in [3.8, 4) is 33.9 Å². The monoisotopic (exact) mass is 626 g/mol. The highest BCUT2D eigenvalue weighted by atomic mass is 19.3. The summed E-state index contributed by atoms with van der Waals surface area (Å²) >= 11 is 0. The Morgan fingerprint density at radius 2 is 1.68 bits per heavy atom. The van der Waals surface area contributed by atoms with E-state index in [9.17, 15) is 8.78 Å². The highest BCUT2D eigenvalue weighted by Crippen LogP contribution is 2.34. The molecule has 11 heteroatoms. The predicted octanol–water partition coefficient (Wildman–Crippen LogP) is 6.80. The third-order valence-electron chi connectivity index (χ3n) is 8.66. The molecule has 47 heavy (non-hydrogen) atoms. The van der Waals surface area contributed by atoms with E-state index in [4.69, 9.17) is 4.98 Å². The minimum Gasteiger partial charge on any atom is -0.323 e. The van der Waals surface area contributed by atoms with Crippen LogP contribution in [0.5, 0.6) is 0 Å². The molecule has 0 amide bonds. The first-order chi connectivity index (χ1) is 23.0. The lowest BCUT2D eigenvalue weighted by Crippen LogP contribution is -2.32. The molecule has 0 bridgehead atoms. The van der Waals surface area contributed by atoms with E-state index in [0.29, 0.717) is 17.4 Å². The molecule has 2 aliphatic heterocycles. The maximum absolute atomic E-state index is 13.8. The van der Waals surface area contributed by atoms with Crippen LogP contribution in [0.1, 0.15) is 30.1 Å². The molecule has 1 fully saturated rings. The number of hydrogen-bond donors (Lipinski definition) is 1. The van der Waals surface area contributed by atoms with Crippen molar-refractivity contribution in [2.45, 2.75) is 31.2 Å². The Kier molecular flexibility index (Phi) is 7.37. The number of aromatic nitrogens is 7. The molecular formula is C36H30F2N9+. The van der Waals surface area contributed by atoms with Crippen LogP contribution < -0.4 is 0 Å². The molecule has 2 aromatic carbocycles. The van der Waals surface area contributed by atoms with E-state index < -0.39 is 5.92 Å². The molecule has 2 aliphatic rings. The molecule has 232 valence electrons. The van der Waals surface area contributed by atoms with Crippen molar-refractivity contribution in [2.24, 2.45) is 0 Å². The lowest BCUT2D eigenvalue weighted by molar-refractivity contribution is -0.363. The van der Waals surface area contributed by atoms with Gasteiger partial charge < -0.3 is 4.98 Å². The number of piperidine rings is 1. The fourth-order valence-electron chi connectivity index (χ4n) is 6.18. The van der Waals surface area contributed by atoms with Crippen molar-refractivity contribution in [1.82, 2.24) is 40.0 Å². The van der Waals surface area contributed by atoms with Gasteiger partial charge in [0.1, 0.15) is 23.9 Å². The molecule has 0 atom stereocenters. The van der Waals surface area contributed by atoms with Gasteiger partial charge in [-0.05, 0) is 60.2 Å². The molecule has 0 saturated carbocycles. The third kappa shape index (κ3) is 6.05. The number of nitrogens with one attached hydrogen (secondary N) is 1. The number of benzene rings is 2. The summed E-state index contributed by atoms with van der Waals surface area (Å²) in [6.07, 6.45) is 8.28. The predicted molar refractivity (Wildman–Crippen MR) is 175 cm³/mol. The maximum atomic E-state index is 13.8. The van der Waals surface area contributed by atoms with Gasteiger partial charge in [-0.25, -0.2) is 9.56 Å². The van der Waals surface area contributed by atoms with Crippen LogP contribution in [0.3, 0.4) is 0 Å². The zero-order valence-electron chi connectivity index (χ0n) is 25.3. The van der Waals surface area contributed by atoms with Gasteiger partial charge in [-0.1, -0.05) is 65.6 Å².